The van der Waals surface area contributed by atoms with Crippen molar-refractivity contribution in [2.75, 3.05) is 0 Å². The molecule has 1 unspecified atom stereocenters. The van der Waals surface area contributed by atoms with Gasteiger partial charge in [-0.1, -0.05) is 20.8 Å². The molecule has 4 nitrogen and oxygen atoms in total. The maximum absolute atomic E-state index is 10.8. The summed E-state index contributed by atoms with van der Waals surface area (Å²) in [5, 5.41) is 0.198. The molecule has 5 heteroatoms. The average Bonchev–Trinajstić information content (AvgIpc) is 2.62. The number of hydrogen-bond donors (Lipinski definition) is 0. The van der Waals surface area contributed by atoms with E-state index in [1.165, 1.54) is 0 Å². The standard InChI is InChI=1S/C13H24N2O2Si/c1-11(17-18(5,6)13(2,3)4)9-15-8-7-14-12(15)10-16/h7-8,10-11H,9H2,1-6H3. The maximum Gasteiger partial charge on any atom is 0.192 e. The molecule has 0 aromatic carbocycles. The summed E-state index contributed by atoms with van der Waals surface area (Å²) in [7, 11) is -1.75. The van der Waals surface area contributed by atoms with Crippen molar-refractivity contribution in [1.29, 1.82) is 0 Å². The van der Waals surface area contributed by atoms with Crippen LogP contribution in [-0.4, -0.2) is 30.3 Å². The minimum atomic E-state index is -1.75. The molecule has 0 bridgehead atoms. The van der Waals surface area contributed by atoms with Gasteiger partial charge in [0, 0.05) is 18.9 Å². The Morgan fingerprint density at radius 2 is 2.11 bits per heavy atom. The first-order valence-corrected chi connectivity index (χ1v) is 9.22. The Bertz CT molecular complexity index is 407. The zero-order chi connectivity index (χ0) is 14.0. The van der Waals surface area contributed by atoms with Crippen molar-refractivity contribution < 1.29 is 9.22 Å². The molecule has 0 aliphatic carbocycles. The van der Waals surface area contributed by atoms with Gasteiger partial charge in [0.25, 0.3) is 0 Å². The van der Waals surface area contributed by atoms with Crippen LogP contribution in [0.4, 0.5) is 0 Å². The summed E-state index contributed by atoms with van der Waals surface area (Å²) >= 11 is 0. The van der Waals surface area contributed by atoms with Gasteiger partial charge in [0.2, 0.25) is 0 Å². The van der Waals surface area contributed by atoms with E-state index < -0.39 is 8.32 Å². The summed E-state index contributed by atoms with van der Waals surface area (Å²) in [5.41, 5.74) is 0. The fourth-order valence-corrected chi connectivity index (χ4v) is 3.02. The Hall–Kier alpha value is -0.943. The quantitative estimate of drug-likeness (QED) is 0.609. The molecular weight excluding hydrogens is 244 g/mol. The smallest absolute Gasteiger partial charge is 0.192 e. The summed E-state index contributed by atoms with van der Waals surface area (Å²) in [6.45, 7) is 13.9. The highest BCUT2D eigenvalue weighted by molar-refractivity contribution is 6.74. The van der Waals surface area contributed by atoms with Crippen LogP contribution >= 0.6 is 0 Å². The van der Waals surface area contributed by atoms with Gasteiger partial charge in [0.05, 0.1) is 6.10 Å². The van der Waals surface area contributed by atoms with Crippen LogP contribution < -0.4 is 0 Å². The lowest BCUT2D eigenvalue weighted by atomic mass is 10.2. The van der Waals surface area contributed by atoms with Gasteiger partial charge < -0.3 is 8.99 Å². The van der Waals surface area contributed by atoms with Crippen LogP contribution in [0, 0.1) is 0 Å². The molecule has 0 aliphatic rings. The van der Waals surface area contributed by atoms with Gasteiger partial charge >= 0.3 is 0 Å². The van der Waals surface area contributed by atoms with E-state index in [-0.39, 0.29) is 11.1 Å². The predicted molar refractivity (Wildman–Crippen MR) is 75.4 cm³/mol. The largest absolute Gasteiger partial charge is 0.412 e. The van der Waals surface area contributed by atoms with Crippen LogP contribution in [0.1, 0.15) is 38.3 Å². The first-order valence-electron chi connectivity index (χ1n) is 6.31. The third kappa shape index (κ3) is 3.52. The van der Waals surface area contributed by atoms with Crippen LogP contribution in [0.25, 0.3) is 0 Å². The van der Waals surface area contributed by atoms with E-state index in [0.29, 0.717) is 12.4 Å². The molecule has 0 radical (unpaired) electrons. The average molecular weight is 268 g/mol. The van der Waals surface area contributed by atoms with E-state index in [4.69, 9.17) is 4.43 Å². The number of carbonyl (C=O) groups is 1. The predicted octanol–water partition coefficient (Wildman–Crippen LogP) is 3.11. The highest BCUT2D eigenvalue weighted by atomic mass is 28.4. The number of aromatic nitrogens is 2. The Kier molecular flexibility index (Phi) is 4.50. The molecule has 1 aromatic rings. The van der Waals surface area contributed by atoms with Gasteiger partial charge in [0.15, 0.2) is 20.4 Å². The van der Waals surface area contributed by atoms with Crippen molar-refractivity contribution in [3.63, 3.8) is 0 Å². The normalized spacial score (nSPS) is 14.6. The molecule has 102 valence electrons. The number of nitrogens with zero attached hydrogens (tertiary/aromatic N) is 2. The topological polar surface area (TPSA) is 44.1 Å². The Morgan fingerprint density at radius 3 is 2.61 bits per heavy atom. The molecule has 18 heavy (non-hydrogen) atoms. The van der Waals surface area contributed by atoms with Crippen molar-refractivity contribution in [3.05, 3.63) is 18.2 Å². The highest BCUT2D eigenvalue weighted by Crippen LogP contribution is 2.37. The fourth-order valence-electron chi connectivity index (χ4n) is 1.59. The van der Waals surface area contributed by atoms with Crippen molar-refractivity contribution in [3.8, 4) is 0 Å². The Morgan fingerprint density at radius 1 is 1.50 bits per heavy atom. The molecule has 1 heterocycles. The summed E-state index contributed by atoms with van der Waals surface area (Å²) in [6, 6.07) is 0. The first-order chi connectivity index (χ1) is 8.17. The fraction of sp³-hybridized carbons (Fsp3) is 0.692. The molecule has 0 N–H and O–H groups in total. The molecule has 0 spiro atoms. The van der Waals surface area contributed by atoms with E-state index >= 15 is 0 Å². The molecule has 1 atom stereocenters. The van der Waals surface area contributed by atoms with Crippen molar-refractivity contribution in [2.45, 2.75) is 58.5 Å². The third-order valence-electron chi connectivity index (χ3n) is 3.61. The monoisotopic (exact) mass is 268 g/mol. The lowest BCUT2D eigenvalue weighted by Gasteiger charge is -2.38. The van der Waals surface area contributed by atoms with Crippen molar-refractivity contribution in [1.82, 2.24) is 9.55 Å². The minimum absolute atomic E-state index is 0.0822. The summed E-state index contributed by atoms with van der Waals surface area (Å²) in [6.07, 6.45) is 4.32. The van der Waals surface area contributed by atoms with Gasteiger partial charge in [-0.3, -0.25) is 4.79 Å². The number of hydrogen-bond acceptors (Lipinski definition) is 3. The van der Waals surface area contributed by atoms with Crippen molar-refractivity contribution in [2.24, 2.45) is 0 Å². The van der Waals surface area contributed by atoms with Crippen LogP contribution in [0.5, 0.6) is 0 Å². The first kappa shape index (κ1) is 15.1. The van der Waals surface area contributed by atoms with E-state index in [9.17, 15) is 4.79 Å². The summed E-state index contributed by atoms with van der Waals surface area (Å²) < 4.78 is 8.09. The van der Waals surface area contributed by atoms with E-state index in [1.807, 2.05) is 10.8 Å². The lowest BCUT2D eigenvalue weighted by Crippen LogP contribution is -2.44. The minimum Gasteiger partial charge on any atom is -0.412 e. The molecule has 0 amide bonds. The Balaban J connectivity index is 2.68. The van der Waals surface area contributed by atoms with Crippen molar-refractivity contribution >= 4 is 14.6 Å². The number of rotatable bonds is 5. The highest BCUT2D eigenvalue weighted by Gasteiger charge is 2.38. The maximum atomic E-state index is 10.8. The van der Waals surface area contributed by atoms with Gasteiger partial charge in [-0.15, -0.1) is 0 Å². The van der Waals surface area contributed by atoms with E-state index in [0.717, 1.165) is 6.29 Å². The second kappa shape index (κ2) is 5.36. The van der Waals surface area contributed by atoms with E-state index in [2.05, 4.69) is 45.8 Å². The van der Waals surface area contributed by atoms with Gasteiger partial charge in [-0.25, -0.2) is 4.98 Å². The van der Waals surface area contributed by atoms with Gasteiger partial charge in [-0.05, 0) is 25.1 Å². The number of aldehydes is 1. The number of carbonyl (C=O) groups excluding carboxylic acids is 1. The zero-order valence-electron chi connectivity index (χ0n) is 12.2. The molecule has 0 aliphatic heterocycles. The Labute approximate surface area is 110 Å². The molecule has 1 aromatic heterocycles. The van der Waals surface area contributed by atoms with Crippen LogP contribution in [-0.2, 0) is 11.0 Å². The summed E-state index contributed by atoms with van der Waals surface area (Å²) in [4.78, 5) is 14.8. The van der Waals surface area contributed by atoms with Crippen LogP contribution in [0.3, 0.4) is 0 Å². The van der Waals surface area contributed by atoms with E-state index in [1.54, 1.807) is 6.20 Å². The second-order valence-corrected chi connectivity index (χ2v) is 11.0. The van der Waals surface area contributed by atoms with Gasteiger partial charge in [0.1, 0.15) is 0 Å². The number of imidazole rings is 1. The van der Waals surface area contributed by atoms with Gasteiger partial charge in [-0.2, -0.15) is 0 Å². The van der Waals surface area contributed by atoms with Crippen LogP contribution in [0.2, 0.25) is 18.1 Å². The lowest BCUT2D eigenvalue weighted by molar-refractivity contribution is 0.110. The molecule has 0 fully saturated rings. The molecule has 0 saturated heterocycles. The second-order valence-electron chi connectivity index (χ2n) is 6.24. The summed E-state index contributed by atoms with van der Waals surface area (Å²) in [5.74, 6) is 0.459. The van der Waals surface area contributed by atoms with Crippen LogP contribution in [0.15, 0.2) is 12.4 Å². The molecule has 1 rings (SSSR count). The zero-order valence-corrected chi connectivity index (χ0v) is 13.2. The SMILES string of the molecule is CC(Cn1ccnc1C=O)O[Si](C)(C)C(C)(C)C. The molecule has 0 saturated carbocycles. The third-order valence-corrected chi connectivity index (χ3v) is 8.21. The molecular formula is C13H24N2O2Si.